The van der Waals surface area contributed by atoms with Gasteiger partial charge in [-0.2, -0.15) is 0 Å². The highest BCUT2D eigenvalue weighted by molar-refractivity contribution is 5.70. The number of rotatable bonds is 5. The zero-order chi connectivity index (χ0) is 13.0. The molecule has 2 rings (SSSR count). The summed E-state index contributed by atoms with van der Waals surface area (Å²) in [6, 6.07) is 3.57. The van der Waals surface area contributed by atoms with E-state index < -0.39 is 0 Å². The number of anilines is 1. The van der Waals surface area contributed by atoms with Gasteiger partial charge < -0.3 is 9.64 Å². The van der Waals surface area contributed by atoms with Crippen molar-refractivity contribution in [2.75, 3.05) is 25.1 Å². The van der Waals surface area contributed by atoms with Crippen molar-refractivity contribution in [2.24, 2.45) is 0 Å². The number of ether oxygens (including phenoxy) is 1. The molecule has 0 saturated carbocycles. The number of nitrogens with zero attached hydrogens (tertiary/aromatic N) is 6. The first-order valence-electron chi connectivity index (χ1n) is 5.63. The summed E-state index contributed by atoms with van der Waals surface area (Å²) >= 11 is 0. The van der Waals surface area contributed by atoms with Crippen LogP contribution in [0.25, 0.3) is 5.65 Å². The first-order valence-corrected chi connectivity index (χ1v) is 5.63. The molecule has 0 unspecified atom stereocenters. The molecule has 0 fully saturated rings. The van der Waals surface area contributed by atoms with Crippen LogP contribution in [0.3, 0.4) is 0 Å². The molecule has 0 bridgehead atoms. The molecule has 2 aromatic rings. The smallest absolute Gasteiger partial charge is 0.307 e. The first kappa shape index (κ1) is 12.2. The topological polar surface area (TPSA) is 85.5 Å². The Morgan fingerprint density at radius 3 is 3.11 bits per heavy atom. The van der Waals surface area contributed by atoms with E-state index in [9.17, 15) is 4.79 Å². The lowest BCUT2D eigenvalue weighted by Gasteiger charge is -2.16. The second-order valence-electron chi connectivity index (χ2n) is 3.69. The van der Waals surface area contributed by atoms with Gasteiger partial charge in [-0.15, -0.1) is 14.8 Å². The molecule has 0 aliphatic rings. The zero-order valence-corrected chi connectivity index (χ0v) is 10.3. The third-order valence-electron chi connectivity index (χ3n) is 2.40. The standard InChI is InChI=1S/C10H14N6O2/c1-3-18-10(17)6-7-15(2)9-5-4-8-11-13-14-16(8)12-9/h4-5H,3,6-7H2,1-2H3. The number of hydrogen-bond acceptors (Lipinski definition) is 7. The Kier molecular flexibility index (Phi) is 3.66. The molecule has 0 aliphatic heterocycles. The van der Waals surface area contributed by atoms with Crippen molar-refractivity contribution in [3.05, 3.63) is 12.1 Å². The van der Waals surface area contributed by atoms with E-state index in [1.165, 1.54) is 4.63 Å². The van der Waals surface area contributed by atoms with Crippen molar-refractivity contribution in [1.29, 1.82) is 0 Å². The van der Waals surface area contributed by atoms with Gasteiger partial charge >= 0.3 is 5.97 Å². The number of hydrogen-bond donors (Lipinski definition) is 0. The Labute approximate surface area is 104 Å². The normalized spacial score (nSPS) is 10.6. The number of aromatic nitrogens is 5. The van der Waals surface area contributed by atoms with Crippen molar-refractivity contribution in [2.45, 2.75) is 13.3 Å². The maximum atomic E-state index is 11.2. The third kappa shape index (κ3) is 2.70. The third-order valence-corrected chi connectivity index (χ3v) is 2.40. The van der Waals surface area contributed by atoms with Crippen LogP contribution in [0.1, 0.15) is 13.3 Å². The summed E-state index contributed by atoms with van der Waals surface area (Å²) in [5.74, 6) is 0.479. The van der Waals surface area contributed by atoms with Crippen LogP contribution >= 0.6 is 0 Å². The Bertz CT molecular complexity index is 540. The molecule has 0 aliphatic carbocycles. The van der Waals surface area contributed by atoms with E-state index in [4.69, 9.17) is 4.74 Å². The minimum absolute atomic E-state index is 0.215. The molecular weight excluding hydrogens is 236 g/mol. The van der Waals surface area contributed by atoms with E-state index in [0.29, 0.717) is 31.0 Å². The van der Waals surface area contributed by atoms with E-state index in [0.717, 1.165) is 0 Å². The average molecular weight is 250 g/mol. The minimum atomic E-state index is -0.215. The van der Waals surface area contributed by atoms with E-state index >= 15 is 0 Å². The Balaban J connectivity index is 1.99. The van der Waals surface area contributed by atoms with Gasteiger partial charge in [-0.25, -0.2) is 0 Å². The molecular formula is C10H14N6O2. The molecule has 0 atom stereocenters. The number of fused-ring (bicyclic) bond motifs is 1. The van der Waals surface area contributed by atoms with Gasteiger partial charge in [0.15, 0.2) is 11.5 Å². The van der Waals surface area contributed by atoms with E-state index in [1.54, 1.807) is 19.1 Å². The van der Waals surface area contributed by atoms with Gasteiger partial charge in [0.25, 0.3) is 0 Å². The van der Waals surface area contributed by atoms with Crippen molar-refractivity contribution in [1.82, 2.24) is 25.3 Å². The summed E-state index contributed by atoms with van der Waals surface area (Å²) in [4.78, 5) is 13.1. The second kappa shape index (κ2) is 5.39. The largest absolute Gasteiger partial charge is 0.466 e. The lowest BCUT2D eigenvalue weighted by Crippen LogP contribution is -2.23. The van der Waals surface area contributed by atoms with Crippen molar-refractivity contribution < 1.29 is 9.53 Å². The highest BCUT2D eigenvalue weighted by atomic mass is 16.5. The van der Waals surface area contributed by atoms with Gasteiger partial charge in [-0.1, -0.05) is 0 Å². The van der Waals surface area contributed by atoms with E-state index in [1.807, 2.05) is 11.9 Å². The molecule has 0 saturated heterocycles. The van der Waals surface area contributed by atoms with Crippen LogP contribution in [0.15, 0.2) is 12.1 Å². The van der Waals surface area contributed by atoms with Crippen LogP contribution < -0.4 is 4.90 Å². The molecule has 0 amide bonds. The summed E-state index contributed by atoms with van der Waals surface area (Å²) in [5.41, 5.74) is 0.581. The minimum Gasteiger partial charge on any atom is -0.466 e. The Hall–Kier alpha value is -2.25. The maximum absolute atomic E-state index is 11.2. The highest BCUT2D eigenvalue weighted by Crippen LogP contribution is 2.08. The van der Waals surface area contributed by atoms with Crippen molar-refractivity contribution in [3.63, 3.8) is 0 Å². The fourth-order valence-corrected chi connectivity index (χ4v) is 1.45. The Morgan fingerprint density at radius 1 is 1.50 bits per heavy atom. The van der Waals surface area contributed by atoms with Crippen LogP contribution in [0.5, 0.6) is 0 Å². The summed E-state index contributed by atoms with van der Waals surface area (Å²) in [7, 11) is 1.84. The quantitative estimate of drug-likeness (QED) is 0.685. The Morgan fingerprint density at radius 2 is 2.33 bits per heavy atom. The molecule has 8 nitrogen and oxygen atoms in total. The molecule has 2 heterocycles. The lowest BCUT2D eigenvalue weighted by molar-refractivity contribution is -0.142. The van der Waals surface area contributed by atoms with E-state index in [2.05, 4.69) is 20.6 Å². The predicted molar refractivity (Wildman–Crippen MR) is 63.1 cm³/mol. The van der Waals surface area contributed by atoms with Gasteiger partial charge in [0.2, 0.25) is 0 Å². The zero-order valence-electron chi connectivity index (χ0n) is 10.3. The molecule has 18 heavy (non-hydrogen) atoms. The van der Waals surface area contributed by atoms with Crippen LogP contribution in [0, 0.1) is 0 Å². The number of esters is 1. The SMILES string of the molecule is CCOC(=O)CCN(C)c1ccc2nnnn2n1. The summed E-state index contributed by atoms with van der Waals surface area (Å²) in [5, 5.41) is 15.2. The van der Waals surface area contributed by atoms with Gasteiger partial charge in [-0.05, 0) is 29.5 Å². The summed E-state index contributed by atoms with van der Waals surface area (Å²) in [6.45, 7) is 2.71. The van der Waals surface area contributed by atoms with Crippen LogP contribution in [0.2, 0.25) is 0 Å². The summed E-state index contributed by atoms with van der Waals surface area (Å²) in [6.07, 6.45) is 0.319. The van der Waals surface area contributed by atoms with Crippen molar-refractivity contribution in [3.8, 4) is 0 Å². The number of carbonyl (C=O) groups is 1. The van der Waals surface area contributed by atoms with Crippen LogP contribution in [0.4, 0.5) is 5.82 Å². The average Bonchev–Trinajstić information content (AvgIpc) is 2.83. The fourth-order valence-electron chi connectivity index (χ4n) is 1.45. The van der Waals surface area contributed by atoms with Crippen LogP contribution in [-0.2, 0) is 9.53 Å². The molecule has 2 aromatic heterocycles. The molecule has 0 aromatic carbocycles. The highest BCUT2D eigenvalue weighted by Gasteiger charge is 2.08. The van der Waals surface area contributed by atoms with Crippen LogP contribution in [-0.4, -0.2) is 51.4 Å². The first-order chi connectivity index (χ1) is 8.70. The molecule has 8 heteroatoms. The molecule has 96 valence electrons. The van der Waals surface area contributed by atoms with Gasteiger partial charge in [0.05, 0.1) is 13.0 Å². The fraction of sp³-hybridized carbons (Fsp3) is 0.500. The van der Waals surface area contributed by atoms with Crippen molar-refractivity contribution >= 4 is 17.4 Å². The molecule has 0 spiro atoms. The lowest BCUT2D eigenvalue weighted by atomic mass is 10.4. The number of carbonyl (C=O) groups excluding carboxylic acids is 1. The monoisotopic (exact) mass is 250 g/mol. The van der Waals surface area contributed by atoms with Gasteiger partial charge in [-0.3, -0.25) is 4.79 Å². The van der Waals surface area contributed by atoms with Gasteiger partial charge in [0.1, 0.15) is 0 Å². The number of tetrazole rings is 1. The summed E-state index contributed by atoms with van der Waals surface area (Å²) < 4.78 is 6.21. The molecule has 0 radical (unpaired) electrons. The second-order valence-corrected chi connectivity index (χ2v) is 3.69. The van der Waals surface area contributed by atoms with Gasteiger partial charge in [0, 0.05) is 13.6 Å². The molecule has 0 N–H and O–H groups in total. The maximum Gasteiger partial charge on any atom is 0.307 e. The van der Waals surface area contributed by atoms with E-state index in [-0.39, 0.29) is 5.97 Å². The predicted octanol–water partition coefficient (Wildman–Crippen LogP) is -0.0913.